The molecule has 0 bridgehead atoms. The molecule has 0 saturated heterocycles. The van der Waals surface area contributed by atoms with Gasteiger partial charge in [0.05, 0.1) is 6.10 Å². The summed E-state index contributed by atoms with van der Waals surface area (Å²) in [4.78, 5) is 0. The van der Waals surface area contributed by atoms with Crippen LogP contribution in [0.5, 0.6) is 0 Å². The van der Waals surface area contributed by atoms with Crippen molar-refractivity contribution < 1.29 is 5.11 Å². The minimum Gasteiger partial charge on any atom is -0.387 e. The Hall–Kier alpha value is -1.21. The molecule has 1 unspecified atom stereocenters. The molecule has 2 nitrogen and oxygen atoms in total. The first-order valence-electron chi connectivity index (χ1n) is 6.86. The third kappa shape index (κ3) is 3.46. The predicted molar refractivity (Wildman–Crippen MR) is 87.5 cm³/mol. The first kappa shape index (κ1) is 15.2. The van der Waals surface area contributed by atoms with Gasteiger partial charge in [0.1, 0.15) is 0 Å². The van der Waals surface area contributed by atoms with Crippen LogP contribution in [0.4, 0.5) is 0 Å². The lowest BCUT2D eigenvalue weighted by Crippen LogP contribution is -2.32. The van der Waals surface area contributed by atoms with Crippen molar-refractivity contribution in [3.05, 3.63) is 66.2 Å². The van der Waals surface area contributed by atoms with Gasteiger partial charge in [0.15, 0.2) is 0 Å². The SMILES string of the molecule is C[C@H]([C@@H](O)c1ccccc1)N(C)P(C)c1ccccc1. The van der Waals surface area contributed by atoms with Gasteiger partial charge in [0.25, 0.3) is 0 Å². The number of aliphatic hydroxyl groups is 1. The molecule has 0 spiro atoms. The largest absolute Gasteiger partial charge is 0.387 e. The van der Waals surface area contributed by atoms with E-state index in [4.69, 9.17) is 0 Å². The maximum Gasteiger partial charge on any atom is 0.0945 e. The van der Waals surface area contributed by atoms with E-state index in [2.05, 4.69) is 49.6 Å². The Balaban J connectivity index is 2.10. The van der Waals surface area contributed by atoms with Crippen LogP contribution in [-0.2, 0) is 0 Å². The molecule has 0 aromatic heterocycles. The molecule has 1 N–H and O–H groups in total. The van der Waals surface area contributed by atoms with Crippen LogP contribution in [0, 0.1) is 0 Å². The highest BCUT2D eigenvalue weighted by Gasteiger charge is 2.24. The van der Waals surface area contributed by atoms with Crippen molar-refractivity contribution in [3.8, 4) is 0 Å². The van der Waals surface area contributed by atoms with Crippen LogP contribution >= 0.6 is 8.07 Å². The van der Waals surface area contributed by atoms with E-state index in [1.165, 1.54) is 5.30 Å². The molecule has 0 saturated carbocycles. The summed E-state index contributed by atoms with van der Waals surface area (Å²) < 4.78 is 2.28. The number of rotatable bonds is 5. The first-order valence-corrected chi connectivity index (χ1v) is 8.60. The van der Waals surface area contributed by atoms with Crippen molar-refractivity contribution in [2.24, 2.45) is 0 Å². The number of hydrogen-bond donors (Lipinski definition) is 1. The summed E-state index contributed by atoms with van der Waals surface area (Å²) >= 11 is 0. The third-order valence-electron chi connectivity index (χ3n) is 3.79. The second-order valence-corrected chi connectivity index (χ2v) is 7.22. The smallest absolute Gasteiger partial charge is 0.0945 e. The maximum absolute atomic E-state index is 10.5. The van der Waals surface area contributed by atoms with Gasteiger partial charge in [-0.15, -0.1) is 0 Å². The highest BCUT2D eigenvalue weighted by atomic mass is 31.1. The van der Waals surface area contributed by atoms with E-state index < -0.39 is 14.2 Å². The second-order valence-electron chi connectivity index (χ2n) is 5.03. The van der Waals surface area contributed by atoms with E-state index in [1.807, 2.05) is 36.4 Å². The molecular formula is C17H22NOP. The van der Waals surface area contributed by atoms with Gasteiger partial charge in [-0.2, -0.15) is 0 Å². The number of likely N-dealkylation sites (N-methyl/N-ethyl adjacent to an activating group) is 1. The van der Waals surface area contributed by atoms with Crippen LogP contribution < -0.4 is 5.30 Å². The quantitative estimate of drug-likeness (QED) is 0.852. The normalized spacial score (nSPS) is 15.8. The third-order valence-corrected chi connectivity index (χ3v) is 6.15. The Morgan fingerprint density at radius 1 is 0.950 bits per heavy atom. The lowest BCUT2D eigenvalue weighted by molar-refractivity contribution is 0.110. The Labute approximate surface area is 122 Å². The summed E-state index contributed by atoms with van der Waals surface area (Å²) in [7, 11) is 1.67. The first-order chi connectivity index (χ1) is 9.61. The Morgan fingerprint density at radius 3 is 2.00 bits per heavy atom. The zero-order chi connectivity index (χ0) is 14.5. The van der Waals surface area contributed by atoms with Gasteiger partial charge in [-0.05, 0) is 39.6 Å². The van der Waals surface area contributed by atoms with Crippen LogP contribution in [0.2, 0.25) is 0 Å². The van der Waals surface area contributed by atoms with Crippen molar-refractivity contribution >= 4 is 13.4 Å². The molecule has 3 atom stereocenters. The lowest BCUT2D eigenvalue weighted by Gasteiger charge is -2.34. The van der Waals surface area contributed by atoms with E-state index in [-0.39, 0.29) is 6.04 Å². The second kappa shape index (κ2) is 6.99. The van der Waals surface area contributed by atoms with Crippen molar-refractivity contribution in [1.29, 1.82) is 0 Å². The summed E-state index contributed by atoms with van der Waals surface area (Å²) in [6.07, 6.45) is -0.463. The van der Waals surface area contributed by atoms with Crippen LogP contribution in [-0.4, -0.2) is 29.5 Å². The highest BCUT2D eigenvalue weighted by molar-refractivity contribution is 7.62. The molecule has 106 valence electrons. The van der Waals surface area contributed by atoms with Crippen LogP contribution in [0.25, 0.3) is 0 Å². The van der Waals surface area contributed by atoms with Gasteiger partial charge in [-0.3, -0.25) is 4.67 Å². The molecule has 2 rings (SSSR count). The molecule has 0 fully saturated rings. The van der Waals surface area contributed by atoms with Crippen molar-refractivity contribution in [2.75, 3.05) is 13.7 Å². The predicted octanol–water partition coefficient (Wildman–Crippen LogP) is 3.39. The van der Waals surface area contributed by atoms with Crippen LogP contribution in [0.15, 0.2) is 60.7 Å². The molecule has 0 aliphatic heterocycles. The summed E-state index contributed by atoms with van der Waals surface area (Å²) in [5, 5.41) is 11.9. The number of benzene rings is 2. The average Bonchev–Trinajstić information content (AvgIpc) is 2.53. The molecule has 0 amide bonds. The fraction of sp³-hybridized carbons (Fsp3) is 0.294. The van der Waals surface area contributed by atoms with E-state index in [0.29, 0.717) is 0 Å². The molecule has 2 aromatic rings. The monoisotopic (exact) mass is 287 g/mol. The molecule has 0 radical (unpaired) electrons. The van der Waals surface area contributed by atoms with Crippen LogP contribution in [0.1, 0.15) is 18.6 Å². The van der Waals surface area contributed by atoms with Gasteiger partial charge in [-0.25, -0.2) is 0 Å². The molecule has 2 aromatic carbocycles. The topological polar surface area (TPSA) is 23.5 Å². The molecule has 0 aliphatic rings. The number of nitrogens with zero attached hydrogens (tertiary/aromatic N) is 1. The summed E-state index contributed by atoms with van der Waals surface area (Å²) in [6.45, 7) is 4.32. The standard InChI is InChI=1S/C17H22NOP/c1-14(17(19)15-10-6-4-7-11-15)18(2)20(3)16-12-8-5-9-13-16/h4-14,17,19H,1-3H3/t14-,17-,20?/m1/s1. The fourth-order valence-corrected chi connectivity index (χ4v) is 3.87. The fourth-order valence-electron chi connectivity index (χ4n) is 2.23. The van der Waals surface area contributed by atoms with Crippen LogP contribution in [0.3, 0.4) is 0 Å². The molecule has 3 heteroatoms. The Kier molecular flexibility index (Phi) is 5.31. The Morgan fingerprint density at radius 2 is 1.45 bits per heavy atom. The van der Waals surface area contributed by atoms with E-state index in [9.17, 15) is 5.11 Å². The highest BCUT2D eigenvalue weighted by Crippen LogP contribution is 2.38. The molecular weight excluding hydrogens is 265 g/mol. The zero-order valence-corrected chi connectivity index (χ0v) is 13.2. The summed E-state index contributed by atoms with van der Waals surface area (Å²) in [5.74, 6) is 0. The van der Waals surface area contributed by atoms with E-state index >= 15 is 0 Å². The van der Waals surface area contributed by atoms with Crippen molar-refractivity contribution in [2.45, 2.75) is 19.1 Å². The van der Waals surface area contributed by atoms with Gasteiger partial charge in [0, 0.05) is 6.04 Å². The van der Waals surface area contributed by atoms with Gasteiger partial charge < -0.3 is 5.11 Å². The zero-order valence-electron chi connectivity index (χ0n) is 12.3. The Bertz CT molecular complexity index is 468. The van der Waals surface area contributed by atoms with E-state index in [1.54, 1.807) is 0 Å². The number of aliphatic hydroxyl groups excluding tert-OH is 1. The lowest BCUT2D eigenvalue weighted by atomic mass is 10.0. The number of hydrogen-bond acceptors (Lipinski definition) is 2. The summed E-state index contributed by atoms with van der Waals surface area (Å²) in [6, 6.07) is 20.4. The average molecular weight is 287 g/mol. The molecule has 0 aliphatic carbocycles. The van der Waals surface area contributed by atoms with Crippen molar-refractivity contribution in [1.82, 2.24) is 4.67 Å². The maximum atomic E-state index is 10.5. The van der Waals surface area contributed by atoms with Gasteiger partial charge in [0.2, 0.25) is 0 Å². The van der Waals surface area contributed by atoms with Crippen molar-refractivity contribution in [3.63, 3.8) is 0 Å². The van der Waals surface area contributed by atoms with Gasteiger partial charge >= 0.3 is 0 Å². The van der Waals surface area contributed by atoms with E-state index in [0.717, 1.165) is 5.56 Å². The minimum atomic E-state index is -0.463. The van der Waals surface area contributed by atoms with Gasteiger partial charge in [-0.1, -0.05) is 60.7 Å². The minimum absolute atomic E-state index is 0.0775. The molecule has 0 heterocycles. The molecule has 20 heavy (non-hydrogen) atoms. The summed E-state index contributed by atoms with van der Waals surface area (Å²) in [5.41, 5.74) is 0.975.